The van der Waals surface area contributed by atoms with Crippen molar-refractivity contribution in [1.82, 2.24) is 9.55 Å². The Labute approximate surface area is 227 Å². The minimum Gasteiger partial charge on any atom is -0.335 e. The molecule has 2 nitrogen and oxygen atoms in total. The van der Waals surface area contributed by atoms with Crippen LogP contribution in [-0.2, 0) is 18.4 Å². The smallest absolute Gasteiger partial charge is 0.112 e. The van der Waals surface area contributed by atoms with Crippen LogP contribution >= 0.6 is 0 Å². The van der Waals surface area contributed by atoms with Crippen molar-refractivity contribution in [3.05, 3.63) is 90.0 Å². The summed E-state index contributed by atoms with van der Waals surface area (Å²) in [5.41, 5.74) is 2.83. The fourth-order valence-electron chi connectivity index (χ4n) is 6.01. The first-order chi connectivity index (χ1) is 18.2. The summed E-state index contributed by atoms with van der Waals surface area (Å²) in [6.45, 7) is 8.18. The molecule has 2 aromatic carbocycles. The van der Waals surface area contributed by atoms with Gasteiger partial charge in [-0.15, -0.1) is 0 Å². The van der Waals surface area contributed by atoms with Crippen LogP contribution in [0.4, 0.5) is 0 Å². The number of unbranched alkanes of at least 4 members (excludes halogenated alkanes) is 10. The Bertz CT molecular complexity index is 961. The molecule has 0 aliphatic carbocycles. The minimum absolute atomic E-state index is 0.0177. The molecule has 3 rings (SSSR count). The lowest BCUT2D eigenvalue weighted by Gasteiger charge is -2.39. The summed E-state index contributed by atoms with van der Waals surface area (Å²) >= 11 is 0. The fraction of sp³-hybridized carbons (Fsp3) is 0.571. The molecule has 0 saturated carbocycles. The maximum absolute atomic E-state index is 5.07. The summed E-state index contributed by atoms with van der Waals surface area (Å²) in [7, 11) is 0. The summed E-state index contributed by atoms with van der Waals surface area (Å²) in [5.74, 6) is 1.68. The van der Waals surface area contributed by atoms with Gasteiger partial charge in [-0.3, -0.25) is 0 Å². The first-order valence-electron chi connectivity index (χ1n) is 15.3. The largest absolute Gasteiger partial charge is 0.335 e. The second-order valence-electron chi connectivity index (χ2n) is 11.3. The number of hydrogen-bond acceptors (Lipinski definition) is 1. The molecule has 0 amide bonds. The van der Waals surface area contributed by atoms with Crippen LogP contribution in [0.3, 0.4) is 0 Å². The number of rotatable bonds is 19. The zero-order valence-corrected chi connectivity index (χ0v) is 24.0. The van der Waals surface area contributed by atoms with E-state index in [1.54, 1.807) is 0 Å². The van der Waals surface area contributed by atoms with E-state index in [2.05, 4.69) is 92.2 Å². The Morgan fingerprint density at radius 2 is 1.27 bits per heavy atom. The van der Waals surface area contributed by atoms with E-state index in [4.69, 9.17) is 4.98 Å². The van der Waals surface area contributed by atoms with Gasteiger partial charge in [-0.2, -0.15) is 0 Å². The van der Waals surface area contributed by atoms with Gasteiger partial charge in [-0.1, -0.05) is 152 Å². The Morgan fingerprint density at radius 1 is 0.703 bits per heavy atom. The number of imidazole rings is 1. The highest BCUT2D eigenvalue weighted by atomic mass is 15.1. The van der Waals surface area contributed by atoms with Crippen LogP contribution in [0, 0.1) is 0 Å². The standard InChI is InChI=1S/C35H52N2/c1-4-6-8-10-11-12-20-26-33(34-36-27-29-37(34)28-21-13-9-7-5-2)35(3,32-24-18-15-19-25-32)30-31-22-16-14-17-23-31/h14-19,22-25,27,29,33H,4-13,20-21,26,28,30H2,1-3H3. The second kappa shape index (κ2) is 16.5. The quantitative estimate of drug-likeness (QED) is 0.150. The zero-order valence-electron chi connectivity index (χ0n) is 24.0. The number of hydrogen-bond donors (Lipinski definition) is 0. The van der Waals surface area contributed by atoms with Gasteiger partial charge in [-0.25, -0.2) is 4.98 Å². The Kier molecular flexibility index (Phi) is 13.0. The van der Waals surface area contributed by atoms with E-state index in [1.807, 2.05) is 6.20 Å². The maximum atomic E-state index is 5.07. The third-order valence-electron chi connectivity index (χ3n) is 8.27. The van der Waals surface area contributed by atoms with E-state index in [-0.39, 0.29) is 5.41 Å². The lowest BCUT2D eigenvalue weighted by Crippen LogP contribution is -2.35. The molecule has 0 N–H and O–H groups in total. The van der Waals surface area contributed by atoms with Crippen LogP contribution in [0.1, 0.15) is 127 Å². The van der Waals surface area contributed by atoms with E-state index >= 15 is 0 Å². The number of benzene rings is 2. The number of nitrogens with zero attached hydrogens (tertiary/aromatic N) is 2. The molecule has 2 unspecified atom stereocenters. The molecule has 0 aliphatic rings. The first-order valence-corrected chi connectivity index (χ1v) is 15.3. The summed E-state index contributed by atoms with van der Waals surface area (Å²) in [4.78, 5) is 5.07. The highest BCUT2D eigenvalue weighted by molar-refractivity contribution is 5.33. The minimum atomic E-state index is -0.0177. The van der Waals surface area contributed by atoms with Gasteiger partial charge in [-0.05, 0) is 30.4 Å². The average molecular weight is 501 g/mol. The molecular weight excluding hydrogens is 448 g/mol. The highest BCUT2D eigenvalue weighted by Gasteiger charge is 2.39. The molecular formula is C35H52N2. The van der Waals surface area contributed by atoms with E-state index in [1.165, 1.54) is 100 Å². The zero-order chi connectivity index (χ0) is 26.2. The third-order valence-corrected chi connectivity index (χ3v) is 8.27. The molecule has 37 heavy (non-hydrogen) atoms. The predicted molar refractivity (Wildman–Crippen MR) is 160 cm³/mol. The lowest BCUT2D eigenvalue weighted by molar-refractivity contribution is 0.321. The molecule has 0 bridgehead atoms. The van der Waals surface area contributed by atoms with Crippen molar-refractivity contribution in [2.75, 3.05) is 0 Å². The van der Waals surface area contributed by atoms with Crippen LogP contribution < -0.4 is 0 Å². The predicted octanol–water partition coefficient (Wildman–Crippen LogP) is 10.3. The van der Waals surface area contributed by atoms with Gasteiger partial charge in [0.1, 0.15) is 5.82 Å². The van der Waals surface area contributed by atoms with Gasteiger partial charge in [0.25, 0.3) is 0 Å². The van der Waals surface area contributed by atoms with Crippen LogP contribution in [0.2, 0.25) is 0 Å². The average Bonchev–Trinajstić information content (AvgIpc) is 3.39. The molecule has 2 heteroatoms. The molecule has 202 valence electrons. The van der Waals surface area contributed by atoms with Crippen molar-refractivity contribution in [2.45, 2.75) is 129 Å². The SMILES string of the molecule is CCCCCCCCCC(c1nccn1CCCCCCC)C(C)(Cc1ccccc1)c1ccccc1. The van der Waals surface area contributed by atoms with Gasteiger partial charge in [0.15, 0.2) is 0 Å². The van der Waals surface area contributed by atoms with E-state index in [0.717, 1.165) is 13.0 Å². The van der Waals surface area contributed by atoms with Gasteiger partial charge >= 0.3 is 0 Å². The molecule has 3 aromatic rings. The summed E-state index contributed by atoms with van der Waals surface area (Å²) in [5, 5.41) is 0. The lowest BCUT2D eigenvalue weighted by atomic mass is 9.66. The molecule has 1 aromatic heterocycles. The van der Waals surface area contributed by atoms with Crippen molar-refractivity contribution in [3.63, 3.8) is 0 Å². The summed E-state index contributed by atoms with van der Waals surface area (Å²) in [6.07, 6.45) is 22.5. The molecule has 1 heterocycles. The van der Waals surface area contributed by atoms with Crippen molar-refractivity contribution in [2.24, 2.45) is 0 Å². The van der Waals surface area contributed by atoms with E-state index < -0.39 is 0 Å². The van der Waals surface area contributed by atoms with Gasteiger partial charge in [0.2, 0.25) is 0 Å². The normalized spacial score (nSPS) is 13.9. The first kappa shape index (κ1) is 29.2. The highest BCUT2D eigenvalue weighted by Crippen LogP contribution is 2.44. The summed E-state index contributed by atoms with van der Waals surface area (Å²) < 4.78 is 2.49. The van der Waals surface area contributed by atoms with Crippen LogP contribution in [-0.4, -0.2) is 9.55 Å². The molecule has 2 atom stereocenters. The van der Waals surface area contributed by atoms with Crippen molar-refractivity contribution in [1.29, 1.82) is 0 Å². The number of aromatic nitrogens is 2. The summed E-state index contributed by atoms with van der Waals surface area (Å²) in [6, 6.07) is 22.4. The molecule has 0 radical (unpaired) electrons. The molecule has 0 fully saturated rings. The van der Waals surface area contributed by atoms with Crippen LogP contribution in [0.15, 0.2) is 73.1 Å². The van der Waals surface area contributed by atoms with Gasteiger partial charge in [0, 0.05) is 30.3 Å². The second-order valence-corrected chi connectivity index (χ2v) is 11.3. The van der Waals surface area contributed by atoms with E-state index in [0.29, 0.717) is 5.92 Å². The molecule has 0 aliphatic heterocycles. The van der Waals surface area contributed by atoms with Gasteiger partial charge < -0.3 is 4.57 Å². The van der Waals surface area contributed by atoms with Gasteiger partial charge in [0.05, 0.1) is 0 Å². The molecule has 0 saturated heterocycles. The van der Waals surface area contributed by atoms with Crippen LogP contribution in [0.5, 0.6) is 0 Å². The maximum Gasteiger partial charge on any atom is 0.112 e. The monoisotopic (exact) mass is 500 g/mol. The Balaban J connectivity index is 1.86. The van der Waals surface area contributed by atoms with Crippen molar-refractivity contribution in [3.8, 4) is 0 Å². The number of aryl methyl sites for hydroxylation is 1. The topological polar surface area (TPSA) is 17.8 Å². The van der Waals surface area contributed by atoms with Crippen LogP contribution in [0.25, 0.3) is 0 Å². The van der Waals surface area contributed by atoms with Crippen molar-refractivity contribution < 1.29 is 0 Å². The Morgan fingerprint density at radius 3 is 1.92 bits per heavy atom. The van der Waals surface area contributed by atoms with E-state index in [9.17, 15) is 0 Å². The fourth-order valence-corrected chi connectivity index (χ4v) is 6.01. The van der Waals surface area contributed by atoms with Crippen molar-refractivity contribution >= 4 is 0 Å². The Hall–Kier alpha value is -2.35. The third kappa shape index (κ3) is 9.16. The molecule has 0 spiro atoms.